The number of aryl methyl sites for hydroxylation is 1. The Hall–Kier alpha value is -1.10. The van der Waals surface area contributed by atoms with E-state index in [4.69, 9.17) is 16.3 Å². The molecule has 1 N–H and O–H groups in total. The minimum atomic E-state index is -0.0420. The van der Waals surface area contributed by atoms with Crippen LogP contribution in [0.1, 0.15) is 25.8 Å². The summed E-state index contributed by atoms with van der Waals surface area (Å²) in [6.07, 6.45) is 1.24. The van der Waals surface area contributed by atoms with E-state index >= 15 is 0 Å². The van der Waals surface area contributed by atoms with Gasteiger partial charge in [-0.1, -0.05) is 23.7 Å². The minimum Gasteiger partial charge on any atom is -0.379 e. The van der Waals surface area contributed by atoms with Crippen LogP contribution in [0, 0.1) is 0 Å². The van der Waals surface area contributed by atoms with Crippen LogP contribution in [0.4, 0.5) is 0 Å². The van der Waals surface area contributed by atoms with Gasteiger partial charge in [0.05, 0.1) is 13.2 Å². The Morgan fingerprint density at radius 2 is 1.91 bits per heavy atom. The minimum absolute atomic E-state index is 0.0420. The largest absolute Gasteiger partial charge is 0.379 e. The van der Waals surface area contributed by atoms with Crippen molar-refractivity contribution < 1.29 is 9.53 Å². The molecule has 22 heavy (non-hydrogen) atoms. The van der Waals surface area contributed by atoms with Crippen molar-refractivity contribution in [3.8, 4) is 0 Å². The van der Waals surface area contributed by atoms with Crippen LogP contribution in [0.25, 0.3) is 0 Å². The second-order valence-electron chi connectivity index (χ2n) is 6.32. The third kappa shape index (κ3) is 5.27. The Labute approximate surface area is 137 Å². The Balaban J connectivity index is 1.73. The van der Waals surface area contributed by atoms with E-state index in [1.54, 1.807) is 0 Å². The summed E-state index contributed by atoms with van der Waals surface area (Å²) >= 11 is 5.86. The van der Waals surface area contributed by atoms with E-state index < -0.39 is 0 Å². The topological polar surface area (TPSA) is 41.6 Å². The lowest BCUT2D eigenvalue weighted by Crippen LogP contribution is -2.55. The van der Waals surface area contributed by atoms with Crippen LogP contribution in [0.15, 0.2) is 24.3 Å². The second kappa shape index (κ2) is 7.95. The molecule has 1 heterocycles. The molecule has 1 aromatic rings. The highest BCUT2D eigenvalue weighted by Crippen LogP contribution is 2.15. The van der Waals surface area contributed by atoms with E-state index in [0.717, 1.165) is 43.3 Å². The molecule has 0 aromatic heterocycles. The number of carbonyl (C=O) groups excluding carboxylic acids is 1. The highest BCUT2D eigenvalue weighted by molar-refractivity contribution is 6.30. The van der Waals surface area contributed by atoms with Crippen molar-refractivity contribution in [1.29, 1.82) is 0 Å². The average molecular weight is 325 g/mol. The molecule has 0 aliphatic carbocycles. The number of rotatable bonds is 6. The SMILES string of the molecule is CC(C)(CNC(=O)CCc1ccc(Cl)cc1)N1CCOCC1. The van der Waals surface area contributed by atoms with Gasteiger partial charge < -0.3 is 10.1 Å². The number of nitrogens with zero attached hydrogens (tertiary/aromatic N) is 1. The molecule has 4 nitrogen and oxygen atoms in total. The molecule has 1 aliphatic heterocycles. The van der Waals surface area contributed by atoms with Gasteiger partial charge in [0.25, 0.3) is 0 Å². The molecule has 1 saturated heterocycles. The van der Waals surface area contributed by atoms with Crippen molar-refractivity contribution in [2.75, 3.05) is 32.8 Å². The molecule has 1 aromatic carbocycles. The van der Waals surface area contributed by atoms with Gasteiger partial charge in [-0.25, -0.2) is 0 Å². The van der Waals surface area contributed by atoms with Gasteiger partial charge in [-0.3, -0.25) is 9.69 Å². The molecule has 0 radical (unpaired) electrons. The van der Waals surface area contributed by atoms with Crippen molar-refractivity contribution >= 4 is 17.5 Å². The van der Waals surface area contributed by atoms with E-state index in [1.165, 1.54) is 0 Å². The first-order valence-corrected chi connectivity index (χ1v) is 8.19. The van der Waals surface area contributed by atoms with E-state index in [9.17, 15) is 4.79 Å². The maximum absolute atomic E-state index is 12.0. The van der Waals surface area contributed by atoms with Crippen LogP contribution in [-0.4, -0.2) is 49.2 Å². The number of hydrogen-bond acceptors (Lipinski definition) is 3. The summed E-state index contributed by atoms with van der Waals surface area (Å²) < 4.78 is 5.38. The zero-order valence-corrected chi connectivity index (χ0v) is 14.2. The fourth-order valence-electron chi connectivity index (χ4n) is 2.59. The summed E-state index contributed by atoms with van der Waals surface area (Å²) in [5.74, 6) is 0.0938. The highest BCUT2D eigenvalue weighted by atomic mass is 35.5. The summed E-state index contributed by atoms with van der Waals surface area (Å²) in [4.78, 5) is 14.4. The summed E-state index contributed by atoms with van der Waals surface area (Å²) in [5.41, 5.74) is 1.09. The molecule has 0 atom stereocenters. The first-order valence-electron chi connectivity index (χ1n) is 7.81. The standard InChI is InChI=1S/C17H25ClN2O2/c1-17(2,20-9-11-22-12-10-20)13-19-16(21)8-5-14-3-6-15(18)7-4-14/h3-4,6-7H,5,8-13H2,1-2H3,(H,19,21). The van der Waals surface area contributed by atoms with Gasteiger partial charge in [-0.15, -0.1) is 0 Å². The zero-order chi connectivity index (χ0) is 16.0. The number of benzene rings is 1. The predicted molar refractivity (Wildman–Crippen MR) is 89.3 cm³/mol. The molecule has 5 heteroatoms. The number of nitrogens with one attached hydrogen (secondary N) is 1. The number of halogens is 1. The van der Waals surface area contributed by atoms with Crippen LogP contribution in [-0.2, 0) is 16.0 Å². The van der Waals surface area contributed by atoms with E-state index in [2.05, 4.69) is 24.1 Å². The first kappa shape index (κ1) is 17.3. The van der Waals surface area contributed by atoms with Crippen LogP contribution in [0.2, 0.25) is 5.02 Å². The third-order valence-electron chi connectivity index (χ3n) is 4.14. The molecule has 2 rings (SSSR count). The molecule has 1 fully saturated rings. The lowest BCUT2D eigenvalue weighted by molar-refractivity contribution is -0.121. The fourth-order valence-corrected chi connectivity index (χ4v) is 2.72. The summed E-state index contributed by atoms with van der Waals surface area (Å²) in [7, 11) is 0. The first-order chi connectivity index (χ1) is 10.5. The molecule has 1 amide bonds. The summed E-state index contributed by atoms with van der Waals surface area (Å²) in [5, 5.41) is 3.78. The quantitative estimate of drug-likeness (QED) is 0.874. The molecular formula is C17H25ClN2O2. The van der Waals surface area contributed by atoms with Gasteiger partial charge in [-0.2, -0.15) is 0 Å². The Bertz CT molecular complexity index is 482. The van der Waals surface area contributed by atoms with E-state index in [0.29, 0.717) is 13.0 Å². The average Bonchev–Trinajstić information content (AvgIpc) is 2.53. The highest BCUT2D eigenvalue weighted by Gasteiger charge is 2.28. The number of morpholine rings is 1. The Morgan fingerprint density at radius 1 is 1.27 bits per heavy atom. The van der Waals surface area contributed by atoms with Gasteiger partial charge in [0.15, 0.2) is 0 Å². The van der Waals surface area contributed by atoms with Crippen LogP contribution in [0.3, 0.4) is 0 Å². The summed E-state index contributed by atoms with van der Waals surface area (Å²) in [6, 6.07) is 7.65. The lowest BCUT2D eigenvalue weighted by Gasteiger charge is -2.40. The van der Waals surface area contributed by atoms with Gasteiger partial charge >= 0.3 is 0 Å². The molecule has 1 aliphatic rings. The Morgan fingerprint density at radius 3 is 2.55 bits per heavy atom. The van der Waals surface area contributed by atoms with Crippen LogP contribution < -0.4 is 5.32 Å². The van der Waals surface area contributed by atoms with Crippen LogP contribution in [0.5, 0.6) is 0 Å². The Kier molecular flexibility index (Phi) is 6.24. The molecule has 0 unspecified atom stereocenters. The van der Waals surface area contributed by atoms with Crippen molar-refractivity contribution in [2.45, 2.75) is 32.2 Å². The van der Waals surface area contributed by atoms with Gasteiger partial charge in [0, 0.05) is 36.6 Å². The van der Waals surface area contributed by atoms with Gasteiger partial charge in [0.2, 0.25) is 5.91 Å². The van der Waals surface area contributed by atoms with Crippen molar-refractivity contribution in [1.82, 2.24) is 10.2 Å². The summed E-state index contributed by atoms with van der Waals surface area (Å²) in [6.45, 7) is 8.38. The van der Waals surface area contributed by atoms with Gasteiger partial charge in [0.1, 0.15) is 0 Å². The normalized spacial score (nSPS) is 16.5. The predicted octanol–water partition coefficient (Wildman–Crippen LogP) is 2.50. The molecular weight excluding hydrogens is 300 g/mol. The fraction of sp³-hybridized carbons (Fsp3) is 0.588. The number of amides is 1. The molecule has 122 valence electrons. The molecule has 0 spiro atoms. The zero-order valence-electron chi connectivity index (χ0n) is 13.4. The lowest BCUT2D eigenvalue weighted by atomic mass is 10.0. The smallest absolute Gasteiger partial charge is 0.220 e. The second-order valence-corrected chi connectivity index (χ2v) is 6.75. The molecule has 0 bridgehead atoms. The number of carbonyl (C=O) groups is 1. The maximum Gasteiger partial charge on any atom is 0.220 e. The monoisotopic (exact) mass is 324 g/mol. The van der Waals surface area contributed by atoms with Crippen molar-refractivity contribution in [3.63, 3.8) is 0 Å². The van der Waals surface area contributed by atoms with Crippen molar-refractivity contribution in [3.05, 3.63) is 34.9 Å². The third-order valence-corrected chi connectivity index (χ3v) is 4.39. The number of hydrogen-bond donors (Lipinski definition) is 1. The molecule has 0 saturated carbocycles. The van der Waals surface area contributed by atoms with Gasteiger partial charge in [-0.05, 0) is 38.0 Å². The van der Waals surface area contributed by atoms with Crippen molar-refractivity contribution in [2.24, 2.45) is 0 Å². The van der Waals surface area contributed by atoms with E-state index in [-0.39, 0.29) is 11.4 Å². The number of ether oxygens (including phenoxy) is 1. The van der Waals surface area contributed by atoms with Crippen LogP contribution >= 0.6 is 11.6 Å². The maximum atomic E-state index is 12.0. The van der Waals surface area contributed by atoms with E-state index in [1.807, 2.05) is 24.3 Å².